The molecule has 1 fully saturated rings. The Bertz CT molecular complexity index is 757. The number of piperidine rings is 1. The van der Waals surface area contributed by atoms with Crippen LogP contribution in [0.5, 0.6) is 5.75 Å². The number of nitrogens with one attached hydrogen (secondary N) is 1. The van der Waals surface area contributed by atoms with Crippen LogP contribution in [0.2, 0.25) is 0 Å². The Labute approximate surface area is 155 Å². The van der Waals surface area contributed by atoms with Gasteiger partial charge in [0.05, 0.1) is 5.69 Å². The summed E-state index contributed by atoms with van der Waals surface area (Å²) in [5.74, 6) is 0.0783. The van der Waals surface area contributed by atoms with Crippen molar-refractivity contribution >= 4 is 11.7 Å². The average Bonchev–Trinajstić information content (AvgIpc) is 2.63. The summed E-state index contributed by atoms with van der Waals surface area (Å²) in [7, 11) is 0. The van der Waals surface area contributed by atoms with E-state index in [4.69, 9.17) is 0 Å². The van der Waals surface area contributed by atoms with Gasteiger partial charge in [0.1, 0.15) is 0 Å². The molecular formula is C20H21F3N2O2. The van der Waals surface area contributed by atoms with Gasteiger partial charge in [-0.2, -0.15) is 0 Å². The molecule has 1 N–H and O–H groups in total. The molecular weight excluding hydrogens is 357 g/mol. The Kier molecular flexibility index (Phi) is 5.88. The van der Waals surface area contributed by atoms with Crippen LogP contribution in [0.25, 0.3) is 0 Å². The van der Waals surface area contributed by atoms with Gasteiger partial charge in [0.2, 0.25) is 0 Å². The number of hydrogen-bond acceptors (Lipinski definition) is 2. The van der Waals surface area contributed by atoms with Gasteiger partial charge in [-0.1, -0.05) is 42.5 Å². The summed E-state index contributed by atoms with van der Waals surface area (Å²) in [4.78, 5) is 14.1. The fraction of sp³-hybridized carbons (Fsp3) is 0.350. The molecule has 0 unspecified atom stereocenters. The Morgan fingerprint density at radius 2 is 1.67 bits per heavy atom. The number of anilines is 1. The van der Waals surface area contributed by atoms with Crippen molar-refractivity contribution in [3.8, 4) is 5.75 Å². The van der Waals surface area contributed by atoms with Gasteiger partial charge in [0.15, 0.2) is 5.75 Å². The molecule has 4 nitrogen and oxygen atoms in total. The van der Waals surface area contributed by atoms with E-state index in [0.29, 0.717) is 19.0 Å². The fourth-order valence-electron chi connectivity index (χ4n) is 3.27. The topological polar surface area (TPSA) is 41.6 Å². The van der Waals surface area contributed by atoms with Gasteiger partial charge in [-0.15, -0.1) is 13.2 Å². The summed E-state index contributed by atoms with van der Waals surface area (Å²) < 4.78 is 41.4. The van der Waals surface area contributed by atoms with Crippen LogP contribution < -0.4 is 10.1 Å². The maximum absolute atomic E-state index is 12.5. The first-order valence-corrected chi connectivity index (χ1v) is 8.85. The van der Waals surface area contributed by atoms with E-state index < -0.39 is 18.1 Å². The van der Waals surface area contributed by atoms with Crippen LogP contribution in [0, 0.1) is 5.92 Å². The zero-order valence-corrected chi connectivity index (χ0v) is 14.7. The molecule has 1 saturated heterocycles. The molecule has 27 heavy (non-hydrogen) atoms. The number of benzene rings is 2. The van der Waals surface area contributed by atoms with E-state index in [2.05, 4.69) is 22.2 Å². The first-order chi connectivity index (χ1) is 12.9. The van der Waals surface area contributed by atoms with Crippen molar-refractivity contribution in [2.45, 2.75) is 25.6 Å². The second kappa shape index (κ2) is 8.33. The number of halogens is 3. The van der Waals surface area contributed by atoms with Gasteiger partial charge < -0.3 is 15.0 Å². The van der Waals surface area contributed by atoms with E-state index >= 15 is 0 Å². The number of alkyl halides is 3. The minimum absolute atomic E-state index is 0.00577. The molecule has 0 aromatic heterocycles. The van der Waals surface area contributed by atoms with E-state index in [1.807, 2.05) is 18.2 Å². The van der Waals surface area contributed by atoms with Gasteiger partial charge in [0, 0.05) is 13.1 Å². The number of nitrogens with zero attached hydrogens (tertiary/aromatic N) is 1. The van der Waals surface area contributed by atoms with E-state index in [9.17, 15) is 18.0 Å². The summed E-state index contributed by atoms with van der Waals surface area (Å²) in [6.07, 6.45) is -2.11. The van der Waals surface area contributed by atoms with Crippen molar-refractivity contribution < 1.29 is 22.7 Å². The van der Waals surface area contributed by atoms with Gasteiger partial charge in [-0.25, -0.2) is 4.79 Å². The average molecular weight is 378 g/mol. The Hall–Kier alpha value is -2.70. The Balaban J connectivity index is 1.54. The number of hydrogen-bond donors (Lipinski definition) is 1. The molecule has 0 bridgehead atoms. The van der Waals surface area contributed by atoms with Crippen LogP contribution in [0.15, 0.2) is 54.6 Å². The van der Waals surface area contributed by atoms with Crippen molar-refractivity contribution in [1.82, 2.24) is 4.90 Å². The first-order valence-electron chi connectivity index (χ1n) is 8.85. The highest BCUT2D eigenvalue weighted by molar-refractivity contribution is 5.91. The zero-order valence-electron chi connectivity index (χ0n) is 14.7. The van der Waals surface area contributed by atoms with Crippen molar-refractivity contribution in [2.24, 2.45) is 5.92 Å². The predicted molar refractivity (Wildman–Crippen MR) is 96.6 cm³/mol. The highest BCUT2D eigenvalue weighted by Gasteiger charge is 2.32. The number of likely N-dealkylation sites (tertiary alicyclic amines) is 1. The number of carbonyl (C=O) groups is 1. The molecule has 1 aliphatic heterocycles. The molecule has 0 saturated carbocycles. The lowest BCUT2D eigenvalue weighted by Crippen LogP contribution is -2.41. The molecule has 2 aromatic rings. The number of amides is 2. The minimum atomic E-state index is -4.81. The van der Waals surface area contributed by atoms with Crippen LogP contribution in [-0.4, -0.2) is 30.4 Å². The van der Waals surface area contributed by atoms with E-state index in [0.717, 1.165) is 19.3 Å². The van der Waals surface area contributed by atoms with Crippen molar-refractivity contribution in [2.75, 3.05) is 18.4 Å². The minimum Gasteiger partial charge on any atom is -0.404 e. The third-order valence-electron chi connectivity index (χ3n) is 4.62. The summed E-state index contributed by atoms with van der Waals surface area (Å²) in [6, 6.07) is 15.3. The molecule has 7 heteroatoms. The highest BCUT2D eigenvalue weighted by atomic mass is 19.4. The lowest BCUT2D eigenvalue weighted by molar-refractivity contribution is -0.274. The van der Waals surface area contributed by atoms with Crippen molar-refractivity contribution in [3.63, 3.8) is 0 Å². The van der Waals surface area contributed by atoms with Crippen molar-refractivity contribution in [3.05, 3.63) is 60.2 Å². The predicted octanol–water partition coefficient (Wildman–Crippen LogP) is 5.07. The number of para-hydroxylation sites is 2. The van der Waals surface area contributed by atoms with Crippen molar-refractivity contribution in [1.29, 1.82) is 0 Å². The fourth-order valence-corrected chi connectivity index (χ4v) is 3.27. The van der Waals surface area contributed by atoms with E-state index in [1.54, 1.807) is 11.0 Å². The molecule has 1 aliphatic rings. The second-order valence-electron chi connectivity index (χ2n) is 6.59. The smallest absolute Gasteiger partial charge is 0.404 e. The largest absolute Gasteiger partial charge is 0.573 e. The van der Waals surface area contributed by atoms with Gasteiger partial charge in [0.25, 0.3) is 0 Å². The van der Waals surface area contributed by atoms with Crippen LogP contribution >= 0.6 is 0 Å². The van der Waals surface area contributed by atoms with Crippen LogP contribution in [0.4, 0.5) is 23.7 Å². The summed E-state index contributed by atoms with van der Waals surface area (Å²) in [6.45, 7) is 1.15. The quantitative estimate of drug-likeness (QED) is 0.807. The number of rotatable bonds is 4. The zero-order chi connectivity index (χ0) is 19.3. The van der Waals surface area contributed by atoms with E-state index in [1.165, 1.54) is 23.8 Å². The standard InChI is InChI=1S/C20H21F3N2O2/c21-20(22,23)27-18-9-5-4-8-17(18)24-19(26)25-12-10-16(11-13-25)14-15-6-2-1-3-7-15/h1-9,16H,10-14H2,(H,24,26). The molecule has 0 spiro atoms. The lowest BCUT2D eigenvalue weighted by atomic mass is 9.90. The lowest BCUT2D eigenvalue weighted by Gasteiger charge is -2.32. The van der Waals surface area contributed by atoms with Crippen LogP contribution in [0.3, 0.4) is 0 Å². The SMILES string of the molecule is O=C(Nc1ccccc1OC(F)(F)F)N1CCC(Cc2ccccc2)CC1. The first kappa shape index (κ1) is 19.1. The molecule has 3 rings (SSSR count). The maximum atomic E-state index is 12.5. The molecule has 144 valence electrons. The van der Waals surface area contributed by atoms with Gasteiger partial charge in [-0.05, 0) is 42.9 Å². The number of carbonyl (C=O) groups excluding carboxylic acids is 1. The molecule has 0 atom stereocenters. The Morgan fingerprint density at radius 1 is 1.04 bits per heavy atom. The monoisotopic (exact) mass is 378 g/mol. The molecule has 1 heterocycles. The second-order valence-corrected chi connectivity index (χ2v) is 6.59. The van der Waals surface area contributed by atoms with Crippen LogP contribution in [-0.2, 0) is 6.42 Å². The summed E-state index contributed by atoms with van der Waals surface area (Å²) >= 11 is 0. The Morgan fingerprint density at radius 3 is 2.33 bits per heavy atom. The molecule has 2 amide bonds. The van der Waals surface area contributed by atoms with E-state index in [-0.39, 0.29) is 5.69 Å². The molecule has 2 aromatic carbocycles. The van der Waals surface area contributed by atoms with Gasteiger partial charge >= 0.3 is 12.4 Å². The normalized spacial score (nSPS) is 15.4. The molecule has 0 aliphatic carbocycles. The number of ether oxygens (including phenoxy) is 1. The molecule has 0 radical (unpaired) electrons. The summed E-state index contributed by atoms with van der Waals surface area (Å²) in [5.41, 5.74) is 1.28. The number of urea groups is 1. The maximum Gasteiger partial charge on any atom is 0.573 e. The van der Waals surface area contributed by atoms with Gasteiger partial charge in [-0.3, -0.25) is 0 Å². The highest BCUT2D eigenvalue weighted by Crippen LogP contribution is 2.30. The third kappa shape index (κ3) is 5.64. The third-order valence-corrected chi connectivity index (χ3v) is 4.62. The summed E-state index contributed by atoms with van der Waals surface area (Å²) in [5, 5.41) is 2.53. The van der Waals surface area contributed by atoms with Crippen LogP contribution in [0.1, 0.15) is 18.4 Å².